The summed E-state index contributed by atoms with van der Waals surface area (Å²) in [5.74, 6) is 0.362. The Balaban J connectivity index is 1.61. The molecule has 0 atom stereocenters. The minimum absolute atomic E-state index is 0.0582. The number of nitrogens with one attached hydrogen (secondary N) is 1. The van der Waals surface area contributed by atoms with Crippen molar-refractivity contribution in [3.8, 4) is 11.3 Å². The predicted octanol–water partition coefficient (Wildman–Crippen LogP) is 7.22. The van der Waals surface area contributed by atoms with Gasteiger partial charge in [0.15, 0.2) is 0 Å². The maximum Gasteiger partial charge on any atom is 0.323 e. The number of carbonyl (C=O) groups excluding carboxylic acids is 1. The average molecular weight is 446 g/mol. The lowest BCUT2D eigenvalue weighted by Crippen LogP contribution is -2.51. The van der Waals surface area contributed by atoms with Crippen molar-refractivity contribution in [3.05, 3.63) is 60.4 Å². The van der Waals surface area contributed by atoms with Crippen LogP contribution < -0.4 is 10.2 Å². The molecule has 33 heavy (non-hydrogen) atoms. The van der Waals surface area contributed by atoms with Crippen LogP contribution in [0.3, 0.4) is 0 Å². The van der Waals surface area contributed by atoms with Gasteiger partial charge in [-0.05, 0) is 55.3 Å². The Labute approximate surface area is 195 Å². The van der Waals surface area contributed by atoms with Crippen LogP contribution in [0.15, 0.2) is 54.6 Å². The molecule has 2 fully saturated rings. The van der Waals surface area contributed by atoms with Crippen LogP contribution in [0.25, 0.3) is 22.0 Å². The van der Waals surface area contributed by atoms with Crippen molar-refractivity contribution >= 4 is 22.6 Å². The van der Waals surface area contributed by atoms with Crippen molar-refractivity contribution in [2.75, 3.05) is 4.90 Å². The van der Waals surface area contributed by atoms with Crippen molar-refractivity contribution in [1.29, 1.82) is 0 Å². The summed E-state index contributed by atoms with van der Waals surface area (Å²) in [7, 11) is 0. The zero-order valence-electron chi connectivity index (χ0n) is 19.1. The molecule has 4 nitrogen and oxygen atoms in total. The van der Waals surface area contributed by atoms with Crippen molar-refractivity contribution in [2.45, 2.75) is 76.3 Å². The number of anilines is 1. The molecule has 2 aliphatic carbocycles. The van der Waals surface area contributed by atoms with Gasteiger partial charge in [-0.15, -0.1) is 0 Å². The lowest BCUT2D eigenvalue weighted by molar-refractivity contribution is 0.233. The van der Waals surface area contributed by atoms with Crippen LogP contribution in [-0.2, 0) is 0 Å². The van der Waals surface area contributed by atoms with E-state index in [0.29, 0.717) is 5.82 Å². The Bertz CT molecular complexity index is 1100. The molecule has 2 aromatic carbocycles. The van der Waals surface area contributed by atoms with Gasteiger partial charge in [0, 0.05) is 23.0 Å². The fraction of sp³-hybridized carbons (Fsp3) is 0.429. The van der Waals surface area contributed by atoms with E-state index >= 15 is 0 Å². The topological polar surface area (TPSA) is 45.2 Å². The summed E-state index contributed by atoms with van der Waals surface area (Å²) >= 11 is 0. The van der Waals surface area contributed by atoms with Gasteiger partial charge in [0.25, 0.3) is 0 Å². The summed E-state index contributed by atoms with van der Waals surface area (Å²) < 4.78 is 14.2. The lowest BCUT2D eigenvalue weighted by atomic mass is 9.93. The van der Waals surface area contributed by atoms with Crippen LogP contribution >= 0.6 is 0 Å². The summed E-state index contributed by atoms with van der Waals surface area (Å²) in [6.07, 6.45) is 11.0. The quantitative estimate of drug-likeness (QED) is 0.461. The second kappa shape index (κ2) is 9.90. The van der Waals surface area contributed by atoms with Crippen LogP contribution in [0.2, 0.25) is 0 Å². The molecule has 1 heterocycles. The molecule has 1 aromatic heterocycles. The van der Waals surface area contributed by atoms with Crippen molar-refractivity contribution < 1.29 is 9.18 Å². The first-order valence-electron chi connectivity index (χ1n) is 12.4. The molecule has 172 valence electrons. The highest BCUT2D eigenvalue weighted by atomic mass is 19.1. The maximum absolute atomic E-state index is 14.2. The Kier molecular flexibility index (Phi) is 6.56. The summed E-state index contributed by atoms with van der Waals surface area (Å²) in [6, 6.07) is 16.9. The second-order valence-electron chi connectivity index (χ2n) is 9.51. The number of fused-ring (bicyclic) bond motifs is 1. The zero-order chi connectivity index (χ0) is 22.6. The van der Waals surface area contributed by atoms with Gasteiger partial charge in [-0.2, -0.15) is 0 Å². The number of aromatic nitrogens is 1. The third-order valence-electron chi connectivity index (χ3n) is 7.16. The molecule has 0 bridgehead atoms. The highest BCUT2D eigenvalue weighted by Crippen LogP contribution is 2.35. The van der Waals surface area contributed by atoms with Gasteiger partial charge in [-0.1, -0.05) is 68.9 Å². The summed E-state index contributed by atoms with van der Waals surface area (Å²) in [5.41, 5.74) is 1.72. The Hall–Kier alpha value is -2.95. The molecule has 0 unspecified atom stereocenters. The molecule has 0 radical (unpaired) electrons. The van der Waals surface area contributed by atoms with E-state index in [1.54, 1.807) is 12.1 Å². The normalized spacial score (nSPS) is 17.7. The fourth-order valence-electron chi connectivity index (χ4n) is 5.42. The smallest absolute Gasteiger partial charge is 0.323 e. The van der Waals surface area contributed by atoms with Crippen LogP contribution in [-0.4, -0.2) is 23.1 Å². The van der Waals surface area contributed by atoms with Crippen LogP contribution in [0.4, 0.5) is 15.0 Å². The summed E-state index contributed by atoms with van der Waals surface area (Å²) in [6.45, 7) is 0. The first kappa shape index (κ1) is 21.9. The SMILES string of the molecule is O=C(NC1CCCCC1)N(c1nc(-c2ccccc2)cc2cc(F)ccc12)C1CCCCC1. The molecule has 5 heteroatoms. The van der Waals surface area contributed by atoms with E-state index < -0.39 is 0 Å². The van der Waals surface area contributed by atoms with Gasteiger partial charge >= 0.3 is 6.03 Å². The minimum Gasteiger partial charge on any atom is -0.335 e. The van der Waals surface area contributed by atoms with Crippen LogP contribution in [0, 0.1) is 5.82 Å². The minimum atomic E-state index is -0.283. The highest BCUT2D eigenvalue weighted by molar-refractivity contribution is 6.03. The first-order chi connectivity index (χ1) is 16.2. The number of nitrogens with zero attached hydrogens (tertiary/aromatic N) is 2. The molecule has 2 amide bonds. The molecule has 2 saturated carbocycles. The van der Waals surface area contributed by atoms with E-state index in [-0.39, 0.29) is 23.9 Å². The number of hydrogen-bond donors (Lipinski definition) is 1. The molecule has 5 rings (SSSR count). The van der Waals surface area contributed by atoms with E-state index in [9.17, 15) is 9.18 Å². The first-order valence-corrected chi connectivity index (χ1v) is 12.4. The molecular weight excluding hydrogens is 413 g/mol. The number of amides is 2. The number of urea groups is 1. The largest absolute Gasteiger partial charge is 0.335 e. The van der Waals surface area contributed by atoms with Crippen LogP contribution in [0.5, 0.6) is 0 Å². The number of benzene rings is 2. The van der Waals surface area contributed by atoms with E-state index in [1.165, 1.54) is 31.7 Å². The number of carbonyl (C=O) groups is 1. The lowest BCUT2D eigenvalue weighted by Gasteiger charge is -2.36. The monoisotopic (exact) mass is 445 g/mol. The van der Waals surface area contributed by atoms with Gasteiger partial charge in [0.1, 0.15) is 11.6 Å². The van der Waals surface area contributed by atoms with E-state index in [1.807, 2.05) is 41.3 Å². The zero-order valence-corrected chi connectivity index (χ0v) is 19.1. The number of rotatable bonds is 4. The number of hydrogen-bond acceptors (Lipinski definition) is 2. The molecular formula is C28H32FN3O. The van der Waals surface area contributed by atoms with Gasteiger partial charge in [-0.3, -0.25) is 4.90 Å². The van der Waals surface area contributed by atoms with E-state index in [2.05, 4.69) is 5.32 Å². The second-order valence-corrected chi connectivity index (χ2v) is 9.51. The molecule has 2 aliphatic rings. The average Bonchev–Trinajstić information content (AvgIpc) is 2.85. The molecule has 0 saturated heterocycles. The molecule has 0 aliphatic heterocycles. The van der Waals surface area contributed by atoms with Crippen molar-refractivity contribution in [1.82, 2.24) is 10.3 Å². The van der Waals surface area contributed by atoms with Crippen molar-refractivity contribution in [3.63, 3.8) is 0 Å². The van der Waals surface area contributed by atoms with Gasteiger partial charge < -0.3 is 5.32 Å². The Morgan fingerprint density at radius 1 is 0.879 bits per heavy atom. The third kappa shape index (κ3) is 4.87. The standard InChI is InChI=1S/C28H32FN3O/c29-22-16-17-25-21(18-22)19-26(20-10-4-1-5-11-20)31-27(25)32(24-14-8-3-9-15-24)28(33)30-23-12-6-2-7-13-23/h1,4-5,10-11,16-19,23-24H,2-3,6-9,12-15H2,(H,30,33). The Morgan fingerprint density at radius 3 is 2.30 bits per heavy atom. The summed E-state index contributed by atoms with van der Waals surface area (Å²) in [4.78, 5) is 20.7. The van der Waals surface area contributed by atoms with E-state index in [4.69, 9.17) is 4.98 Å². The summed E-state index contributed by atoms with van der Waals surface area (Å²) in [5, 5.41) is 4.91. The van der Waals surface area contributed by atoms with E-state index in [0.717, 1.165) is 60.6 Å². The van der Waals surface area contributed by atoms with Crippen LogP contribution in [0.1, 0.15) is 64.2 Å². The molecule has 1 N–H and O–H groups in total. The fourth-order valence-corrected chi connectivity index (χ4v) is 5.42. The number of halogens is 1. The molecule has 0 spiro atoms. The predicted molar refractivity (Wildman–Crippen MR) is 132 cm³/mol. The van der Waals surface area contributed by atoms with Gasteiger partial charge in [0.05, 0.1) is 5.69 Å². The van der Waals surface area contributed by atoms with Crippen molar-refractivity contribution in [2.24, 2.45) is 0 Å². The maximum atomic E-state index is 14.2. The number of pyridine rings is 1. The van der Waals surface area contributed by atoms with Gasteiger partial charge in [0.2, 0.25) is 0 Å². The molecule has 3 aromatic rings. The highest BCUT2D eigenvalue weighted by Gasteiger charge is 2.31. The Morgan fingerprint density at radius 2 is 1.58 bits per heavy atom. The van der Waals surface area contributed by atoms with Gasteiger partial charge in [-0.25, -0.2) is 14.2 Å². The third-order valence-corrected chi connectivity index (χ3v) is 7.16.